The van der Waals surface area contributed by atoms with Gasteiger partial charge in [0.2, 0.25) is 0 Å². The summed E-state index contributed by atoms with van der Waals surface area (Å²) in [7, 11) is -3.65. The fraction of sp³-hybridized carbons (Fsp3) is 0.500. The molecule has 534 valence electrons. The van der Waals surface area contributed by atoms with E-state index in [0.717, 1.165) is 89.2 Å². The Balaban J connectivity index is 1.46. The van der Waals surface area contributed by atoms with Crippen LogP contribution in [0.5, 0.6) is 23.0 Å². The average molecular weight is 1380 g/mol. The molecule has 0 unspecified atom stereocenters. The van der Waals surface area contributed by atoms with Crippen LogP contribution in [0.4, 0.5) is 0 Å². The first kappa shape index (κ1) is 80.3. The highest BCUT2D eigenvalue weighted by molar-refractivity contribution is 7.57. The lowest BCUT2D eigenvalue weighted by atomic mass is 9.77. The maximum atomic E-state index is 12.6. The van der Waals surface area contributed by atoms with Gasteiger partial charge in [-0.15, -0.1) is 0 Å². The molecule has 6 rings (SSSR count). The van der Waals surface area contributed by atoms with Crippen molar-refractivity contribution in [2.75, 3.05) is 26.4 Å². The third-order valence-electron chi connectivity index (χ3n) is 17.9. The zero-order chi connectivity index (χ0) is 73.0. The zero-order valence-electron chi connectivity index (χ0n) is 63.8. The normalized spacial score (nSPS) is 12.7. The summed E-state index contributed by atoms with van der Waals surface area (Å²) in [6.07, 6.45) is 3.01. The van der Waals surface area contributed by atoms with Crippen LogP contribution in [0.25, 0.3) is 11.1 Å². The van der Waals surface area contributed by atoms with E-state index in [2.05, 4.69) is 273 Å². The number of benzene rings is 6. The number of carbonyl (C=O) groups is 2. The van der Waals surface area contributed by atoms with Gasteiger partial charge in [0, 0.05) is 47.9 Å². The van der Waals surface area contributed by atoms with Gasteiger partial charge in [0.15, 0.2) is 0 Å². The molecule has 0 saturated heterocycles. The summed E-state index contributed by atoms with van der Waals surface area (Å²) < 4.78 is 40.0. The Morgan fingerprint density at radius 2 is 0.602 bits per heavy atom. The summed E-state index contributed by atoms with van der Waals surface area (Å²) in [4.78, 5) is 46.8. The fourth-order valence-electron chi connectivity index (χ4n) is 11.7. The van der Waals surface area contributed by atoms with Crippen LogP contribution in [0.2, 0.25) is 0 Å². The molecule has 0 aliphatic rings. The molecule has 0 aromatic heterocycles. The quantitative estimate of drug-likeness (QED) is 0.0128. The van der Waals surface area contributed by atoms with E-state index in [9.17, 15) is 9.59 Å². The molecule has 0 saturated carbocycles. The number of carbonyl (C=O) groups excluding carboxylic acids is 2. The summed E-state index contributed by atoms with van der Waals surface area (Å²) in [5.74, 6) is 3.63. The van der Waals surface area contributed by atoms with Crippen molar-refractivity contribution >= 4 is 39.3 Å². The lowest BCUT2D eigenvalue weighted by Gasteiger charge is -2.32. The second kappa shape index (κ2) is 33.2. The Morgan fingerprint density at radius 3 is 0.837 bits per heavy atom. The van der Waals surface area contributed by atoms with Gasteiger partial charge in [0.1, 0.15) is 34.5 Å². The van der Waals surface area contributed by atoms with Crippen LogP contribution in [0, 0.1) is 0 Å². The topological polar surface area (TPSA) is 126 Å². The molecule has 0 aliphatic carbocycles. The standard InChI is InChI=1S/C84H116O12P2/c1-27-87-75(85)47-49-81(19,20)61-35-43-71(67(51-61)77(7,8)9)93-97(94-72-44-36-62(52-68(72)78(10,11)12)82(21,22)50-48-76(86)88-28-2)65-39-31-59(32-40-65)60-33-41-66(42-34-60)98(95-73-45-37-63(53-69(73)79(13,14)15)83(23,24)55-57(5)91-89-29-3)96-74-46-38-64(54-70(74)80(16,17)18)84(25,26)56-58(6)92-90-30-4/h31-46,51-54H,5-6,27-30,47-50,55-56H2,1-4,7-26H3. The number of esters is 2. The van der Waals surface area contributed by atoms with E-state index in [1.54, 1.807) is 0 Å². The van der Waals surface area contributed by atoms with E-state index in [1.165, 1.54) is 0 Å². The Morgan fingerprint density at radius 1 is 0.347 bits per heavy atom. The van der Waals surface area contributed by atoms with Gasteiger partial charge in [0.05, 0.1) is 37.0 Å². The fourth-order valence-corrected chi connectivity index (χ4v) is 14.4. The lowest BCUT2D eigenvalue weighted by molar-refractivity contribution is -0.260. The number of allylic oxidation sites excluding steroid dienone is 2. The van der Waals surface area contributed by atoms with Crippen molar-refractivity contribution in [1.29, 1.82) is 0 Å². The summed E-state index contributed by atoms with van der Waals surface area (Å²) in [6.45, 7) is 61.2. The van der Waals surface area contributed by atoms with Crippen LogP contribution in [-0.4, -0.2) is 38.4 Å². The molecule has 0 heterocycles. The van der Waals surface area contributed by atoms with Crippen LogP contribution in [0.1, 0.15) is 249 Å². The maximum absolute atomic E-state index is 12.6. The Hall–Kier alpha value is -6.68. The van der Waals surface area contributed by atoms with E-state index >= 15 is 0 Å². The minimum atomic E-state index is -1.83. The summed E-state index contributed by atoms with van der Waals surface area (Å²) in [5.41, 5.74) is 7.95. The predicted octanol–water partition coefficient (Wildman–Crippen LogP) is 22.3. The first-order chi connectivity index (χ1) is 45.5. The van der Waals surface area contributed by atoms with Crippen molar-refractivity contribution < 1.29 is 56.7 Å². The summed E-state index contributed by atoms with van der Waals surface area (Å²) in [6, 6.07) is 42.8. The Bertz CT molecular complexity index is 3470. The maximum Gasteiger partial charge on any atom is 0.326 e. The van der Waals surface area contributed by atoms with Crippen LogP contribution in [0.15, 0.2) is 146 Å². The smallest absolute Gasteiger partial charge is 0.326 e. The average Bonchev–Trinajstić information content (AvgIpc) is 0.792. The van der Waals surface area contributed by atoms with Crippen molar-refractivity contribution in [3.05, 3.63) is 191 Å². The van der Waals surface area contributed by atoms with Gasteiger partial charge in [-0.2, -0.15) is 9.78 Å². The molecule has 6 aromatic carbocycles. The molecular weight excluding hydrogens is 1260 g/mol. The van der Waals surface area contributed by atoms with Crippen LogP contribution in [0.3, 0.4) is 0 Å². The predicted molar refractivity (Wildman–Crippen MR) is 405 cm³/mol. The minimum Gasteiger partial charge on any atom is -0.466 e. The van der Waals surface area contributed by atoms with Crippen LogP contribution in [-0.2, 0) is 81.9 Å². The molecule has 0 bridgehead atoms. The van der Waals surface area contributed by atoms with Crippen molar-refractivity contribution in [2.24, 2.45) is 0 Å². The zero-order valence-corrected chi connectivity index (χ0v) is 65.6. The highest BCUT2D eigenvalue weighted by Crippen LogP contribution is 2.51. The van der Waals surface area contributed by atoms with Gasteiger partial charge in [-0.3, -0.25) is 9.59 Å². The molecule has 0 radical (unpaired) electrons. The van der Waals surface area contributed by atoms with Gasteiger partial charge in [-0.05, 0) is 166 Å². The van der Waals surface area contributed by atoms with E-state index in [4.69, 9.17) is 47.1 Å². The Labute approximate surface area is 592 Å². The Kier molecular flexibility index (Phi) is 27.2. The number of hydrogen-bond acceptors (Lipinski definition) is 12. The molecule has 0 fully saturated rings. The first-order valence-corrected chi connectivity index (χ1v) is 37.3. The number of hydrogen-bond donors (Lipinski definition) is 0. The van der Waals surface area contributed by atoms with Crippen LogP contribution < -0.4 is 28.7 Å². The number of ether oxygens (including phenoxy) is 2. The molecule has 0 aliphatic heterocycles. The van der Waals surface area contributed by atoms with Gasteiger partial charge in [-0.25, -0.2) is 0 Å². The van der Waals surface area contributed by atoms with Crippen molar-refractivity contribution in [3.8, 4) is 34.1 Å². The molecule has 14 heteroatoms. The molecule has 0 atom stereocenters. The third-order valence-corrected chi connectivity index (χ3v) is 20.8. The summed E-state index contributed by atoms with van der Waals surface area (Å²) >= 11 is 0. The van der Waals surface area contributed by atoms with Gasteiger partial charge >= 0.3 is 28.7 Å². The van der Waals surface area contributed by atoms with E-state index in [0.29, 0.717) is 76.5 Å². The highest BCUT2D eigenvalue weighted by atomic mass is 31.2. The first-order valence-electron chi connectivity index (χ1n) is 34.9. The van der Waals surface area contributed by atoms with Crippen LogP contribution >= 0.6 is 16.8 Å². The largest absolute Gasteiger partial charge is 0.466 e. The second-order valence-corrected chi connectivity index (χ2v) is 35.2. The SMILES string of the molecule is C=C(CC(C)(C)c1ccc(OP(Oc2ccc(C(C)(C)CC(=C)OOCC)cc2C(C)(C)C)c2ccc(-c3ccc(P(Oc4ccc(C(C)(C)CCC(=O)OCC)cc4C(C)(C)C)Oc4ccc(C(C)(C)CCC(=O)OCC)cc4C(C)(C)C)cc3)cc2)c(C(C)(C)C)c1)OOCC. The van der Waals surface area contributed by atoms with Crippen molar-refractivity contribution in [3.63, 3.8) is 0 Å². The monoisotopic (exact) mass is 1380 g/mol. The number of rotatable bonds is 33. The van der Waals surface area contributed by atoms with Crippen molar-refractivity contribution in [2.45, 2.75) is 248 Å². The minimum absolute atomic E-state index is 0.196. The third kappa shape index (κ3) is 22.2. The van der Waals surface area contributed by atoms with E-state index < -0.39 is 16.8 Å². The van der Waals surface area contributed by atoms with Crippen molar-refractivity contribution in [1.82, 2.24) is 0 Å². The molecule has 0 spiro atoms. The molecule has 0 N–H and O–H groups in total. The van der Waals surface area contributed by atoms with Gasteiger partial charge < -0.3 is 37.3 Å². The van der Waals surface area contributed by atoms with Gasteiger partial charge in [0.25, 0.3) is 0 Å². The molecule has 98 heavy (non-hydrogen) atoms. The molecule has 0 amide bonds. The highest BCUT2D eigenvalue weighted by Gasteiger charge is 2.35. The van der Waals surface area contributed by atoms with E-state index in [-0.39, 0.29) is 55.3 Å². The van der Waals surface area contributed by atoms with Gasteiger partial charge in [-0.1, -0.05) is 224 Å². The second-order valence-electron chi connectivity index (χ2n) is 32.4. The molecule has 12 nitrogen and oxygen atoms in total. The molecular formula is C84H116O12P2. The molecule has 6 aromatic rings. The lowest BCUT2D eigenvalue weighted by Crippen LogP contribution is -2.22. The summed E-state index contributed by atoms with van der Waals surface area (Å²) in [5, 5.41) is 1.77. The van der Waals surface area contributed by atoms with E-state index in [1.807, 2.05) is 27.7 Å².